The predicted molar refractivity (Wildman–Crippen MR) is 110 cm³/mol. The number of aliphatic imine (C=N–C) groups is 1. The SMILES string of the molecule is C/C(=N\c1c(C)cc(C)cc1Cl)c1ccc2ccc3cccnc3c2n1. The summed E-state index contributed by atoms with van der Waals surface area (Å²) < 4.78 is 0. The van der Waals surface area contributed by atoms with Crippen LogP contribution in [0.15, 0.2) is 59.7 Å². The molecule has 0 unspecified atom stereocenters. The van der Waals surface area contributed by atoms with Gasteiger partial charge in [0.2, 0.25) is 0 Å². The molecule has 4 heteroatoms. The fraction of sp³-hybridized carbons (Fsp3) is 0.136. The molecule has 0 radical (unpaired) electrons. The molecule has 26 heavy (non-hydrogen) atoms. The Balaban J connectivity index is 1.87. The molecule has 0 aliphatic heterocycles. The largest absolute Gasteiger partial charge is 0.254 e. The van der Waals surface area contributed by atoms with Crippen LogP contribution >= 0.6 is 11.6 Å². The van der Waals surface area contributed by atoms with Gasteiger partial charge in [0.25, 0.3) is 0 Å². The first-order chi connectivity index (χ1) is 12.5. The van der Waals surface area contributed by atoms with Gasteiger partial charge in [-0.2, -0.15) is 0 Å². The van der Waals surface area contributed by atoms with Gasteiger partial charge in [-0.1, -0.05) is 41.9 Å². The van der Waals surface area contributed by atoms with Crippen LogP contribution in [0.2, 0.25) is 5.02 Å². The smallest absolute Gasteiger partial charge is 0.0972 e. The first-order valence-corrected chi connectivity index (χ1v) is 8.87. The van der Waals surface area contributed by atoms with E-state index in [-0.39, 0.29) is 0 Å². The van der Waals surface area contributed by atoms with Crippen LogP contribution in [0.1, 0.15) is 23.7 Å². The summed E-state index contributed by atoms with van der Waals surface area (Å²) in [5, 5.41) is 2.81. The number of halogens is 1. The fourth-order valence-electron chi connectivity index (χ4n) is 3.20. The highest BCUT2D eigenvalue weighted by molar-refractivity contribution is 6.33. The van der Waals surface area contributed by atoms with Gasteiger partial charge in [-0.3, -0.25) is 4.98 Å². The van der Waals surface area contributed by atoms with Crippen LogP contribution in [0.5, 0.6) is 0 Å². The van der Waals surface area contributed by atoms with E-state index in [4.69, 9.17) is 21.6 Å². The fourth-order valence-corrected chi connectivity index (χ4v) is 3.56. The zero-order chi connectivity index (χ0) is 18.3. The van der Waals surface area contributed by atoms with E-state index in [9.17, 15) is 0 Å². The van der Waals surface area contributed by atoms with E-state index in [1.165, 1.54) is 0 Å². The third kappa shape index (κ3) is 2.95. The molecular formula is C22H18ClN3. The van der Waals surface area contributed by atoms with Crippen LogP contribution in [0, 0.1) is 13.8 Å². The summed E-state index contributed by atoms with van der Waals surface area (Å²) in [4.78, 5) is 14.1. The quantitative estimate of drug-likeness (QED) is 0.316. The van der Waals surface area contributed by atoms with Crippen molar-refractivity contribution in [3.05, 3.63) is 76.6 Å². The zero-order valence-corrected chi connectivity index (χ0v) is 15.7. The van der Waals surface area contributed by atoms with Gasteiger partial charge in [0.05, 0.1) is 33.1 Å². The Morgan fingerprint density at radius 2 is 1.69 bits per heavy atom. The number of nitrogens with zero attached hydrogens (tertiary/aromatic N) is 3. The highest BCUT2D eigenvalue weighted by Crippen LogP contribution is 2.31. The summed E-state index contributed by atoms with van der Waals surface area (Å²) >= 11 is 6.40. The maximum Gasteiger partial charge on any atom is 0.0972 e. The van der Waals surface area contributed by atoms with E-state index >= 15 is 0 Å². The van der Waals surface area contributed by atoms with Crippen LogP contribution < -0.4 is 0 Å². The standard InChI is InChI=1S/C22H18ClN3/c1-13-11-14(2)20(18(23)12-13)25-15(3)19-9-8-17-7-6-16-5-4-10-24-21(16)22(17)26-19/h4-12H,1-3H3/b25-15+. The molecule has 0 N–H and O–H groups in total. The van der Waals surface area contributed by atoms with Gasteiger partial charge in [0, 0.05) is 17.0 Å². The molecule has 2 heterocycles. The maximum absolute atomic E-state index is 6.40. The lowest BCUT2D eigenvalue weighted by Gasteiger charge is -2.08. The lowest BCUT2D eigenvalue weighted by atomic mass is 10.1. The van der Waals surface area contributed by atoms with Gasteiger partial charge >= 0.3 is 0 Å². The number of aromatic nitrogens is 2. The van der Waals surface area contributed by atoms with Gasteiger partial charge in [-0.05, 0) is 50.1 Å². The van der Waals surface area contributed by atoms with Crippen LogP contribution in [-0.4, -0.2) is 15.7 Å². The molecule has 0 amide bonds. The topological polar surface area (TPSA) is 38.1 Å². The Hall–Kier alpha value is -2.78. The van der Waals surface area contributed by atoms with E-state index in [0.717, 1.165) is 50.0 Å². The van der Waals surface area contributed by atoms with Crippen LogP contribution in [0.4, 0.5) is 5.69 Å². The van der Waals surface area contributed by atoms with Crippen molar-refractivity contribution in [3.63, 3.8) is 0 Å². The average molecular weight is 360 g/mol. The van der Waals surface area contributed by atoms with Crippen molar-refractivity contribution in [1.29, 1.82) is 0 Å². The molecule has 3 nitrogen and oxygen atoms in total. The summed E-state index contributed by atoms with van der Waals surface area (Å²) in [6.45, 7) is 6.01. The van der Waals surface area contributed by atoms with Crippen LogP contribution in [0.25, 0.3) is 21.8 Å². The highest BCUT2D eigenvalue weighted by Gasteiger charge is 2.09. The molecule has 0 aliphatic carbocycles. The Kier molecular flexibility index (Phi) is 4.17. The van der Waals surface area contributed by atoms with Crippen molar-refractivity contribution >= 4 is 44.8 Å². The normalized spacial score (nSPS) is 12.1. The van der Waals surface area contributed by atoms with E-state index < -0.39 is 0 Å². The molecule has 0 spiro atoms. The van der Waals surface area contributed by atoms with Crippen LogP contribution in [0.3, 0.4) is 0 Å². The Labute approximate surface area is 157 Å². The van der Waals surface area contributed by atoms with Gasteiger partial charge in [-0.25, -0.2) is 9.98 Å². The van der Waals surface area contributed by atoms with Crippen molar-refractivity contribution in [2.75, 3.05) is 0 Å². The van der Waals surface area contributed by atoms with E-state index in [1.807, 2.05) is 45.0 Å². The predicted octanol–water partition coefficient (Wildman–Crippen LogP) is 6.19. The lowest BCUT2D eigenvalue weighted by molar-refractivity contribution is 1.31. The molecule has 2 aromatic heterocycles. The number of benzene rings is 2. The Morgan fingerprint density at radius 3 is 2.46 bits per heavy atom. The minimum absolute atomic E-state index is 0.662. The number of hydrogen-bond acceptors (Lipinski definition) is 3. The number of aryl methyl sites for hydroxylation is 2. The molecule has 2 aromatic carbocycles. The molecular weight excluding hydrogens is 342 g/mol. The summed E-state index contributed by atoms with van der Waals surface area (Å²) in [5.41, 5.74) is 6.44. The summed E-state index contributed by atoms with van der Waals surface area (Å²) in [6.07, 6.45) is 1.80. The molecule has 0 saturated heterocycles. The van der Waals surface area contributed by atoms with Crippen molar-refractivity contribution < 1.29 is 0 Å². The number of fused-ring (bicyclic) bond motifs is 3. The van der Waals surface area contributed by atoms with Crippen molar-refractivity contribution in [1.82, 2.24) is 9.97 Å². The van der Waals surface area contributed by atoms with Gasteiger partial charge < -0.3 is 0 Å². The van der Waals surface area contributed by atoms with E-state index in [0.29, 0.717) is 5.02 Å². The van der Waals surface area contributed by atoms with Crippen molar-refractivity contribution in [3.8, 4) is 0 Å². The molecule has 128 valence electrons. The number of hydrogen-bond donors (Lipinski definition) is 0. The second-order valence-corrected chi connectivity index (χ2v) is 6.93. The monoisotopic (exact) mass is 359 g/mol. The van der Waals surface area contributed by atoms with Gasteiger partial charge in [0.1, 0.15) is 0 Å². The highest BCUT2D eigenvalue weighted by atomic mass is 35.5. The summed E-state index contributed by atoms with van der Waals surface area (Å²) in [5.74, 6) is 0. The third-order valence-corrected chi connectivity index (χ3v) is 4.77. The second-order valence-electron chi connectivity index (χ2n) is 6.52. The van der Waals surface area contributed by atoms with E-state index in [1.54, 1.807) is 6.20 Å². The first kappa shape index (κ1) is 16.7. The number of pyridine rings is 2. The molecule has 0 aliphatic rings. The summed E-state index contributed by atoms with van der Waals surface area (Å²) in [7, 11) is 0. The molecule has 0 fully saturated rings. The third-order valence-electron chi connectivity index (χ3n) is 4.48. The summed E-state index contributed by atoms with van der Waals surface area (Å²) in [6, 6.07) is 16.2. The average Bonchev–Trinajstić information content (AvgIpc) is 2.64. The number of rotatable bonds is 2. The molecule has 0 atom stereocenters. The molecule has 4 rings (SSSR count). The Morgan fingerprint density at radius 1 is 0.962 bits per heavy atom. The van der Waals surface area contributed by atoms with Crippen molar-refractivity contribution in [2.24, 2.45) is 4.99 Å². The van der Waals surface area contributed by atoms with E-state index in [2.05, 4.69) is 29.2 Å². The lowest BCUT2D eigenvalue weighted by Crippen LogP contribution is -1.99. The Bertz CT molecular complexity index is 1160. The minimum atomic E-state index is 0.662. The minimum Gasteiger partial charge on any atom is -0.254 e. The van der Waals surface area contributed by atoms with Crippen LogP contribution in [-0.2, 0) is 0 Å². The van der Waals surface area contributed by atoms with Gasteiger partial charge in [-0.15, -0.1) is 0 Å². The van der Waals surface area contributed by atoms with Gasteiger partial charge in [0.15, 0.2) is 0 Å². The zero-order valence-electron chi connectivity index (χ0n) is 14.9. The van der Waals surface area contributed by atoms with Crippen molar-refractivity contribution in [2.45, 2.75) is 20.8 Å². The molecule has 4 aromatic rings. The molecule has 0 saturated carbocycles. The first-order valence-electron chi connectivity index (χ1n) is 8.50. The maximum atomic E-state index is 6.40. The second kappa shape index (κ2) is 6.50. The molecule has 0 bridgehead atoms.